The first-order valence-corrected chi connectivity index (χ1v) is 9.81. The highest BCUT2D eigenvalue weighted by molar-refractivity contribution is 6.04. The van der Waals surface area contributed by atoms with Gasteiger partial charge in [-0.15, -0.1) is 0 Å². The van der Waals surface area contributed by atoms with E-state index in [0.29, 0.717) is 30.0 Å². The predicted molar refractivity (Wildman–Crippen MR) is 110 cm³/mol. The summed E-state index contributed by atoms with van der Waals surface area (Å²) in [7, 11) is 3.88. The van der Waals surface area contributed by atoms with Crippen molar-refractivity contribution in [3.63, 3.8) is 0 Å². The molecule has 8 heteroatoms. The van der Waals surface area contributed by atoms with E-state index in [1.165, 1.54) is 6.92 Å². The fraction of sp³-hybridized carbons (Fsp3) is 0.429. The van der Waals surface area contributed by atoms with E-state index in [-0.39, 0.29) is 23.4 Å². The molecule has 29 heavy (non-hydrogen) atoms. The molecule has 2 aromatic rings. The van der Waals surface area contributed by atoms with E-state index in [0.717, 1.165) is 31.5 Å². The van der Waals surface area contributed by atoms with Crippen LogP contribution in [0.4, 0.5) is 5.69 Å². The number of rotatable bonds is 7. The van der Waals surface area contributed by atoms with Crippen molar-refractivity contribution in [1.29, 1.82) is 0 Å². The molecule has 0 atom stereocenters. The van der Waals surface area contributed by atoms with Gasteiger partial charge in [0.05, 0.1) is 5.69 Å². The zero-order valence-corrected chi connectivity index (χ0v) is 17.1. The lowest BCUT2D eigenvalue weighted by Crippen LogP contribution is -2.32. The Morgan fingerprint density at radius 3 is 2.69 bits per heavy atom. The van der Waals surface area contributed by atoms with Crippen molar-refractivity contribution in [2.45, 2.75) is 32.7 Å². The van der Waals surface area contributed by atoms with Gasteiger partial charge in [0.1, 0.15) is 5.69 Å². The zero-order chi connectivity index (χ0) is 21.0. The first-order chi connectivity index (χ1) is 13.9. The summed E-state index contributed by atoms with van der Waals surface area (Å²) < 4.78 is 1.84. The van der Waals surface area contributed by atoms with Crippen molar-refractivity contribution < 1.29 is 14.4 Å². The third-order valence-electron chi connectivity index (χ3n) is 4.91. The molecule has 0 saturated heterocycles. The molecule has 0 saturated carbocycles. The van der Waals surface area contributed by atoms with Gasteiger partial charge in [0.25, 0.3) is 11.8 Å². The number of likely N-dealkylation sites (N-methyl/N-ethyl adjacent to an activating group) is 1. The van der Waals surface area contributed by atoms with Gasteiger partial charge >= 0.3 is 0 Å². The third kappa shape index (κ3) is 4.89. The number of nitrogens with zero attached hydrogens (tertiary/aromatic N) is 3. The van der Waals surface area contributed by atoms with Gasteiger partial charge < -0.3 is 20.1 Å². The molecule has 8 nitrogen and oxygen atoms in total. The average molecular weight is 397 g/mol. The minimum Gasteiger partial charge on any atom is -0.349 e. The number of hydrogen-bond acceptors (Lipinski definition) is 5. The van der Waals surface area contributed by atoms with Gasteiger partial charge in [0.15, 0.2) is 11.6 Å². The molecule has 0 unspecified atom stereocenters. The SMILES string of the molecule is CC(=O)c1cccc(NC(=O)c2nc(C(=O)NCCN(C)C)c3n2CCCC3)c1. The number of carbonyl (C=O) groups is 3. The number of aromatic nitrogens is 2. The smallest absolute Gasteiger partial charge is 0.291 e. The number of benzene rings is 1. The van der Waals surface area contributed by atoms with Crippen LogP contribution in [0.15, 0.2) is 24.3 Å². The Labute approximate surface area is 170 Å². The molecular weight excluding hydrogens is 370 g/mol. The number of carbonyl (C=O) groups excluding carboxylic acids is 3. The molecule has 2 amide bonds. The minimum absolute atomic E-state index is 0.0732. The van der Waals surface area contributed by atoms with Crippen LogP contribution in [0.25, 0.3) is 0 Å². The van der Waals surface area contributed by atoms with Crippen molar-refractivity contribution in [2.24, 2.45) is 0 Å². The molecule has 2 N–H and O–H groups in total. The number of imidazole rings is 1. The lowest BCUT2D eigenvalue weighted by Gasteiger charge is -2.17. The fourth-order valence-corrected chi connectivity index (χ4v) is 3.38. The maximum Gasteiger partial charge on any atom is 0.291 e. The van der Waals surface area contributed by atoms with E-state index < -0.39 is 0 Å². The van der Waals surface area contributed by atoms with Gasteiger partial charge in [0, 0.05) is 30.9 Å². The summed E-state index contributed by atoms with van der Waals surface area (Å²) in [4.78, 5) is 43.5. The van der Waals surface area contributed by atoms with Crippen LogP contribution in [0.1, 0.15) is 56.9 Å². The largest absolute Gasteiger partial charge is 0.349 e. The number of anilines is 1. The van der Waals surface area contributed by atoms with E-state index in [4.69, 9.17) is 0 Å². The van der Waals surface area contributed by atoms with Gasteiger partial charge in [-0.1, -0.05) is 12.1 Å². The van der Waals surface area contributed by atoms with Crippen LogP contribution in [0.5, 0.6) is 0 Å². The molecule has 3 rings (SSSR count). The van der Waals surface area contributed by atoms with E-state index in [2.05, 4.69) is 15.6 Å². The van der Waals surface area contributed by atoms with Gasteiger partial charge in [-0.05, 0) is 52.4 Å². The summed E-state index contributed by atoms with van der Waals surface area (Å²) in [6.07, 6.45) is 2.62. The van der Waals surface area contributed by atoms with Crippen molar-refractivity contribution >= 4 is 23.3 Å². The Morgan fingerprint density at radius 2 is 1.97 bits per heavy atom. The van der Waals surface area contributed by atoms with Gasteiger partial charge in [-0.3, -0.25) is 14.4 Å². The van der Waals surface area contributed by atoms with Crippen molar-refractivity contribution in [1.82, 2.24) is 19.8 Å². The second kappa shape index (κ2) is 9.00. The number of nitrogens with one attached hydrogen (secondary N) is 2. The molecular formula is C21H27N5O3. The number of Topliss-reactive ketones (excluding diaryl/α,β-unsaturated/α-hetero) is 1. The van der Waals surface area contributed by atoms with E-state index in [1.54, 1.807) is 24.3 Å². The zero-order valence-electron chi connectivity index (χ0n) is 17.1. The third-order valence-corrected chi connectivity index (χ3v) is 4.91. The van der Waals surface area contributed by atoms with Crippen molar-refractivity contribution in [3.05, 3.63) is 47.0 Å². The summed E-state index contributed by atoms with van der Waals surface area (Å²) >= 11 is 0. The number of hydrogen-bond donors (Lipinski definition) is 2. The molecule has 1 aliphatic heterocycles. The fourth-order valence-electron chi connectivity index (χ4n) is 3.38. The summed E-state index contributed by atoms with van der Waals surface area (Å²) in [5.74, 6) is -0.488. The highest BCUT2D eigenvalue weighted by Crippen LogP contribution is 2.22. The molecule has 1 aliphatic rings. The maximum atomic E-state index is 12.9. The standard InChI is InChI=1S/C21H27N5O3/c1-14(27)15-7-6-8-16(13-15)23-21(29)19-24-18(17-9-4-5-11-26(17)19)20(28)22-10-12-25(2)3/h6-8,13H,4-5,9-12H2,1-3H3,(H,22,28)(H,23,29). The monoisotopic (exact) mass is 397 g/mol. The van der Waals surface area contributed by atoms with Crippen molar-refractivity contribution in [3.8, 4) is 0 Å². The van der Waals surface area contributed by atoms with Crippen LogP contribution in [-0.2, 0) is 13.0 Å². The number of ketones is 1. The molecule has 1 aromatic heterocycles. The average Bonchev–Trinajstić information content (AvgIpc) is 3.08. The Balaban J connectivity index is 1.82. The van der Waals surface area contributed by atoms with E-state index >= 15 is 0 Å². The Kier molecular flexibility index (Phi) is 6.43. The van der Waals surface area contributed by atoms with Crippen LogP contribution >= 0.6 is 0 Å². The summed E-state index contributed by atoms with van der Waals surface area (Å²) in [5.41, 5.74) is 2.18. The Bertz CT molecular complexity index is 932. The van der Waals surface area contributed by atoms with Gasteiger partial charge in [0.2, 0.25) is 0 Å². The summed E-state index contributed by atoms with van der Waals surface area (Å²) in [6, 6.07) is 6.77. The molecule has 154 valence electrons. The first kappa shape index (κ1) is 20.7. The molecule has 1 aromatic carbocycles. The molecule has 0 bridgehead atoms. The first-order valence-electron chi connectivity index (χ1n) is 9.81. The number of fused-ring (bicyclic) bond motifs is 1. The van der Waals surface area contributed by atoms with Crippen LogP contribution in [0.2, 0.25) is 0 Å². The Morgan fingerprint density at radius 1 is 1.17 bits per heavy atom. The normalized spacial score (nSPS) is 13.1. The Hall–Kier alpha value is -3.00. The van der Waals surface area contributed by atoms with Crippen LogP contribution in [0, 0.1) is 0 Å². The quantitative estimate of drug-likeness (QED) is 0.697. The van der Waals surface area contributed by atoms with Crippen molar-refractivity contribution in [2.75, 3.05) is 32.5 Å². The highest BCUT2D eigenvalue weighted by Gasteiger charge is 2.27. The van der Waals surface area contributed by atoms with Crippen LogP contribution < -0.4 is 10.6 Å². The van der Waals surface area contributed by atoms with E-state index in [9.17, 15) is 14.4 Å². The lowest BCUT2D eigenvalue weighted by atomic mass is 10.1. The van der Waals surface area contributed by atoms with E-state index in [1.807, 2.05) is 23.6 Å². The lowest BCUT2D eigenvalue weighted by molar-refractivity contribution is 0.0944. The summed E-state index contributed by atoms with van der Waals surface area (Å²) in [5, 5.41) is 5.68. The molecule has 0 aliphatic carbocycles. The molecule has 0 radical (unpaired) electrons. The highest BCUT2D eigenvalue weighted by atomic mass is 16.2. The topological polar surface area (TPSA) is 96.3 Å². The molecule has 0 spiro atoms. The second-order valence-electron chi connectivity index (χ2n) is 7.49. The van der Waals surface area contributed by atoms with Gasteiger partial charge in [-0.2, -0.15) is 0 Å². The summed E-state index contributed by atoms with van der Waals surface area (Å²) in [6.45, 7) is 3.37. The minimum atomic E-state index is -0.388. The number of amides is 2. The van der Waals surface area contributed by atoms with Crippen LogP contribution in [0.3, 0.4) is 0 Å². The molecule has 2 heterocycles. The second-order valence-corrected chi connectivity index (χ2v) is 7.49. The molecule has 0 fully saturated rings. The van der Waals surface area contributed by atoms with Gasteiger partial charge in [-0.25, -0.2) is 4.98 Å². The predicted octanol–water partition coefficient (Wildman–Crippen LogP) is 1.97. The maximum absolute atomic E-state index is 12.9. The van der Waals surface area contributed by atoms with Crippen LogP contribution in [-0.4, -0.2) is 59.2 Å².